The van der Waals surface area contributed by atoms with Crippen molar-refractivity contribution in [2.45, 2.75) is 38.3 Å². The van der Waals surface area contributed by atoms with Crippen molar-refractivity contribution in [1.82, 2.24) is 4.57 Å². The number of carboxylic acids is 1. The van der Waals surface area contributed by atoms with Gasteiger partial charge in [-0.15, -0.1) is 0 Å². The fourth-order valence-corrected chi connectivity index (χ4v) is 5.03. The van der Waals surface area contributed by atoms with Gasteiger partial charge in [0.15, 0.2) is 0 Å². The maximum absolute atomic E-state index is 12.4. The van der Waals surface area contributed by atoms with Crippen LogP contribution in [0.3, 0.4) is 0 Å². The molecule has 0 aliphatic heterocycles. The zero-order chi connectivity index (χ0) is 23.7. The van der Waals surface area contributed by atoms with E-state index in [1.165, 1.54) is 5.56 Å². The lowest BCUT2D eigenvalue weighted by molar-refractivity contribution is -0.119. The SMILES string of the molecule is NC(=O)C1CCCc2c1c1cc(OCc3ccccc3C(=O)O)ccc1n2Cc1ccccc1. The summed E-state index contributed by atoms with van der Waals surface area (Å²) in [4.78, 5) is 23.9. The van der Waals surface area contributed by atoms with Gasteiger partial charge in [-0.2, -0.15) is 0 Å². The maximum Gasteiger partial charge on any atom is 0.336 e. The first-order valence-electron chi connectivity index (χ1n) is 11.4. The minimum Gasteiger partial charge on any atom is -0.489 e. The van der Waals surface area contributed by atoms with Gasteiger partial charge in [0.1, 0.15) is 12.4 Å². The number of aromatic nitrogens is 1. The quantitative estimate of drug-likeness (QED) is 0.416. The number of hydrogen-bond donors (Lipinski definition) is 2. The molecular formula is C28H26N2O4. The van der Waals surface area contributed by atoms with Crippen LogP contribution in [0.15, 0.2) is 72.8 Å². The van der Waals surface area contributed by atoms with Crippen LogP contribution >= 0.6 is 0 Å². The first-order chi connectivity index (χ1) is 16.5. The summed E-state index contributed by atoms with van der Waals surface area (Å²) in [5.41, 5.74) is 11.0. The summed E-state index contributed by atoms with van der Waals surface area (Å²) in [6.45, 7) is 0.852. The van der Waals surface area contributed by atoms with E-state index in [4.69, 9.17) is 10.5 Å². The first-order valence-corrected chi connectivity index (χ1v) is 11.4. The number of nitrogens with zero attached hydrogens (tertiary/aromatic N) is 1. The lowest BCUT2D eigenvalue weighted by Crippen LogP contribution is -2.25. The van der Waals surface area contributed by atoms with Crippen molar-refractivity contribution in [2.24, 2.45) is 5.73 Å². The largest absolute Gasteiger partial charge is 0.489 e. The van der Waals surface area contributed by atoms with E-state index in [0.29, 0.717) is 17.9 Å². The number of carbonyl (C=O) groups excluding carboxylic acids is 1. The second-order valence-corrected chi connectivity index (χ2v) is 8.71. The van der Waals surface area contributed by atoms with Crippen molar-refractivity contribution in [1.29, 1.82) is 0 Å². The highest BCUT2D eigenvalue weighted by Gasteiger charge is 2.31. The number of benzene rings is 3. The highest BCUT2D eigenvalue weighted by atomic mass is 16.5. The van der Waals surface area contributed by atoms with E-state index in [9.17, 15) is 14.7 Å². The second kappa shape index (κ2) is 9.06. The van der Waals surface area contributed by atoms with Crippen LogP contribution in [0.5, 0.6) is 5.75 Å². The molecule has 3 N–H and O–H groups in total. The highest BCUT2D eigenvalue weighted by molar-refractivity contribution is 5.94. The molecule has 0 saturated carbocycles. The molecule has 34 heavy (non-hydrogen) atoms. The summed E-state index contributed by atoms with van der Waals surface area (Å²) in [6.07, 6.45) is 2.55. The number of rotatable bonds is 7. The number of aromatic carboxylic acids is 1. The van der Waals surface area contributed by atoms with Gasteiger partial charge in [0.25, 0.3) is 0 Å². The van der Waals surface area contributed by atoms with Crippen LogP contribution in [0, 0.1) is 0 Å². The van der Waals surface area contributed by atoms with E-state index >= 15 is 0 Å². The molecule has 0 fully saturated rings. The Labute approximate surface area is 197 Å². The predicted octanol–water partition coefficient (Wildman–Crippen LogP) is 4.87. The fraction of sp³-hybridized carbons (Fsp3) is 0.214. The lowest BCUT2D eigenvalue weighted by Gasteiger charge is -2.22. The van der Waals surface area contributed by atoms with Crippen LogP contribution in [-0.2, 0) is 24.4 Å². The summed E-state index contributed by atoms with van der Waals surface area (Å²) in [7, 11) is 0. The summed E-state index contributed by atoms with van der Waals surface area (Å²) >= 11 is 0. The van der Waals surface area contributed by atoms with Crippen molar-refractivity contribution in [3.8, 4) is 5.75 Å². The van der Waals surface area contributed by atoms with Crippen LogP contribution in [0.25, 0.3) is 10.9 Å². The molecule has 1 unspecified atom stereocenters. The van der Waals surface area contributed by atoms with E-state index in [-0.39, 0.29) is 24.0 Å². The average Bonchev–Trinajstić information content (AvgIpc) is 3.16. The molecule has 1 aliphatic rings. The Kier molecular flexibility index (Phi) is 5.80. The van der Waals surface area contributed by atoms with Crippen molar-refractivity contribution in [3.63, 3.8) is 0 Å². The number of carbonyl (C=O) groups is 2. The van der Waals surface area contributed by atoms with Crippen molar-refractivity contribution >= 4 is 22.8 Å². The molecule has 4 aromatic rings. The molecule has 1 amide bonds. The van der Waals surface area contributed by atoms with Gasteiger partial charge in [0.2, 0.25) is 5.91 Å². The fourth-order valence-electron chi connectivity index (χ4n) is 5.03. The van der Waals surface area contributed by atoms with Crippen molar-refractivity contribution < 1.29 is 19.4 Å². The van der Waals surface area contributed by atoms with Crippen molar-refractivity contribution in [3.05, 3.63) is 101 Å². The molecule has 6 nitrogen and oxygen atoms in total. The molecule has 0 bridgehead atoms. The minimum absolute atomic E-state index is 0.139. The number of ether oxygens (including phenoxy) is 1. The number of fused-ring (bicyclic) bond motifs is 3. The van der Waals surface area contributed by atoms with Gasteiger partial charge in [-0.1, -0.05) is 48.5 Å². The van der Waals surface area contributed by atoms with Gasteiger partial charge in [-0.25, -0.2) is 4.79 Å². The van der Waals surface area contributed by atoms with Crippen LogP contribution in [-0.4, -0.2) is 21.6 Å². The van der Waals surface area contributed by atoms with Crippen LogP contribution in [0.4, 0.5) is 0 Å². The van der Waals surface area contributed by atoms with E-state index in [1.807, 2.05) is 36.4 Å². The number of amides is 1. The Morgan fingerprint density at radius 1 is 1.03 bits per heavy atom. The summed E-state index contributed by atoms with van der Waals surface area (Å²) in [5, 5.41) is 10.4. The molecule has 1 heterocycles. The molecule has 1 aromatic heterocycles. The standard InChI is InChI=1S/C28H26N2O4/c29-27(31)22-11-6-12-25-26(22)23-15-20(34-17-19-9-4-5-10-21(19)28(32)33)13-14-24(23)30(25)16-18-7-2-1-3-8-18/h1-5,7-10,13-15,22H,6,11-12,16-17H2,(H2,29,31)(H,32,33). The Morgan fingerprint density at radius 3 is 2.56 bits per heavy atom. The zero-order valence-electron chi connectivity index (χ0n) is 18.7. The van der Waals surface area contributed by atoms with Crippen LogP contribution < -0.4 is 10.5 Å². The van der Waals surface area contributed by atoms with Gasteiger partial charge in [0.05, 0.1) is 11.5 Å². The molecular weight excluding hydrogens is 428 g/mol. The first kappa shape index (κ1) is 21.8. The number of primary amides is 1. The molecule has 0 saturated heterocycles. The third-order valence-electron chi connectivity index (χ3n) is 6.61. The summed E-state index contributed by atoms with van der Waals surface area (Å²) in [5.74, 6) is -0.986. The molecule has 172 valence electrons. The molecule has 5 rings (SSSR count). The zero-order valence-corrected chi connectivity index (χ0v) is 18.7. The highest BCUT2D eigenvalue weighted by Crippen LogP contribution is 2.40. The number of hydrogen-bond acceptors (Lipinski definition) is 3. The third-order valence-corrected chi connectivity index (χ3v) is 6.61. The van der Waals surface area contributed by atoms with E-state index in [1.54, 1.807) is 24.3 Å². The molecule has 0 spiro atoms. The Bertz CT molecular complexity index is 1370. The predicted molar refractivity (Wildman–Crippen MR) is 130 cm³/mol. The summed E-state index contributed by atoms with van der Waals surface area (Å²) in [6, 6.07) is 23.0. The molecule has 6 heteroatoms. The maximum atomic E-state index is 12.4. The van der Waals surface area contributed by atoms with Crippen molar-refractivity contribution in [2.75, 3.05) is 0 Å². The lowest BCUT2D eigenvalue weighted by atomic mass is 9.84. The average molecular weight is 455 g/mol. The topological polar surface area (TPSA) is 94.6 Å². The molecule has 1 aliphatic carbocycles. The minimum atomic E-state index is -0.981. The third kappa shape index (κ3) is 4.03. The normalized spacial score (nSPS) is 15.1. The van der Waals surface area contributed by atoms with Gasteiger partial charge < -0.3 is 20.1 Å². The number of carboxylic acid groups (broad SMARTS) is 1. The van der Waals surface area contributed by atoms with Crippen LogP contribution in [0.1, 0.15) is 51.5 Å². The monoisotopic (exact) mass is 454 g/mol. The number of nitrogens with two attached hydrogens (primary N) is 1. The van der Waals surface area contributed by atoms with Gasteiger partial charge in [-0.3, -0.25) is 4.79 Å². The Morgan fingerprint density at radius 2 is 1.79 bits per heavy atom. The second-order valence-electron chi connectivity index (χ2n) is 8.71. The molecule has 3 aromatic carbocycles. The smallest absolute Gasteiger partial charge is 0.336 e. The molecule has 0 radical (unpaired) electrons. The van der Waals surface area contributed by atoms with E-state index < -0.39 is 5.97 Å². The summed E-state index contributed by atoms with van der Waals surface area (Å²) < 4.78 is 8.31. The van der Waals surface area contributed by atoms with Gasteiger partial charge >= 0.3 is 5.97 Å². The molecule has 1 atom stereocenters. The van der Waals surface area contributed by atoms with E-state index in [2.05, 4.69) is 16.7 Å². The van der Waals surface area contributed by atoms with Crippen LogP contribution in [0.2, 0.25) is 0 Å². The van der Waals surface area contributed by atoms with Gasteiger partial charge in [-0.05, 0) is 54.7 Å². The van der Waals surface area contributed by atoms with Gasteiger partial charge in [0, 0.05) is 28.7 Å². The Balaban J connectivity index is 1.55. The Hall–Kier alpha value is -4.06. The van der Waals surface area contributed by atoms with E-state index in [0.717, 1.165) is 41.4 Å².